The van der Waals surface area contributed by atoms with Crippen molar-refractivity contribution in [3.8, 4) is 0 Å². The Labute approximate surface area is 149 Å². The van der Waals surface area contributed by atoms with E-state index in [2.05, 4.69) is 15.9 Å². The van der Waals surface area contributed by atoms with E-state index in [1.165, 1.54) is 0 Å². The number of rotatable bonds is 5. The lowest BCUT2D eigenvalue weighted by atomic mass is 10.2. The Kier molecular flexibility index (Phi) is 5.98. The molecule has 0 aliphatic carbocycles. The highest BCUT2D eigenvalue weighted by atomic mass is 79.9. The van der Waals surface area contributed by atoms with E-state index >= 15 is 0 Å². The second-order valence-corrected chi connectivity index (χ2v) is 6.42. The third kappa shape index (κ3) is 4.35. The molecule has 6 heteroatoms. The van der Waals surface area contributed by atoms with Gasteiger partial charge in [-0.25, -0.2) is 4.79 Å². The second-order valence-electron chi connectivity index (χ2n) is 5.50. The molecule has 0 aliphatic heterocycles. The van der Waals surface area contributed by atoms with Crippen molar-refractivity contribution in [1.82, 2.24) is 0 Å². The van der Waals surface area contributed by atoms with Gasteiger partial charge in [0.05, 0.1) is 5.56 Å². The summed E-state index contributed by atoms with van der Waals surface area (Å²) in [5.74, 6) is -0.919. The summed E-state index contributed by atoms with van der Waals surface area (Å²) in [6.07, 6.45) is 0. The number of nitrogens with two attached hydrogens (primary N) is 1. The zero-order chi connectivity index (χ0) is 17.7. The number of hydrogen-bond donors (Lipinski definition) is 1. The lowest BCUT2D eigenvalue weighted by molar-refractivity contribution is -0.122. The van der Waals surface area contributed by atoms with Crippen molar-refractivity contribution >= 4 is 39.2 Å². The number of carbonyl (C=O) groups is 2. The summed E-state index contributed by atoms with van der Waals surface area (Å²) >= 11 is 3.28. The van der Waals surface area contributed by atoms with Crippen LogP contribution in [-0.4, -0.2) is 24.5 Å². The number of esters is 1. The van der Waals surface area contributed by atoms with Crippen LogP contribution in [0.25, 0.3) is 0 Å². The number of carbonyl (C=O) groups excluding carboxylic acids is 2. The maximum absolute atomic E-state index is 12.5. The van der Waals surface area contributed by atoms with Crippen LogP contribution in [-0.2, 0) is 9.53 Å². The van der Waals surface area contributed by atoms with Gasteiger partial charge < -0.3 is 15.4 Å². The van der Waals surface area contributed by atoms with Crippen LogP contribution < -0.4 is 10.6 Å². The lowest BCUT2D eigenvalue weighted by Gasteiger charge is -2.26. The van der Waals surface area contributed by atoms with Gasteiger partial charge in [0, 0.05) is 21.9 Å². The van der Waals surface area contributed by atoms with Gasteiger partial charge in [-0.1, -0.05) is 34.1 Å². The van der Waals surface area contributed by atoms with Crippen LogP contribution in [0.2, 0.25) is 0 Å². The number of para-hydroxylation sites is 1. The molecule has 0 bridgehead atoms. The first kappa shape index (κ1) is 18.0. The number of nitrogen functional groups attached to an aromatic ring is 1. The monoisotopic (exact) mass is 390 g/mol. The molecule has 24 heavy (non-hydrogen) atoms. The van der Waals surface area contributed by atoms with Crippen LogP contribution in [0.5, 0.6) is 0 Å². The largest absolute Gasteiger partial charge is 0.452 e. The number of hydrogen-bond acceptors (Lipinski definition) is 4. The summed E-state index contributed by atoms with van der Waals surface area (Å²) in [6.45, 7) is 3.45. The zero-order valence-corrected chi connectivity index (χ0v) is 15.1. The summed E-state index contributed by atoms with van der Waals surface area (Å²) in [5, 5.41) is 0. The van der Waals surface area contributed by atoms with Crippen LogP contribution in [0, 0.1) is 0 Å². The molecule has 2 aromatic rings. The van der Waals surface area contributed by atoms with E-state index in [9.17, 15) is 9.59 Å². The van der Waals surface area contributed by atoms with E-state index in [1.807, 2.05) is 44.2 Å². The van der Waals surface area contributed by atoms with E-state index in [-0.39, 0.29) is 24.1 Å². The molecule has 0 saturated carbocycles. The predicted molar refractivity (Wildman–Crippen MR) is 97.9 cm³/mol. The smallest absolute Gasteiger partial charge is 0.340 e. The predicted octanol–water partition coefficient (Wildman–Crippen LogP) is 3.63. The van der Waals surface area contributed by atoms with E-state index < -0.39 is 5.97 Å². The standard InChI is InChI=1S/C18H19BrN2O3/c1-12(2)21(14-6-4-3-5-7-14)17(22)11-24-18(23)15-10-13(19)8-9-16(15)20/h3-10,12H,11,20H2,1-2H3. The fourth-order valence-electron chi connectivity index (χ4n) is 2.30. The molecule has 0 spiro atoms. The summed E-state index contributed by atoms with van der Waals surface area (Å²) < 4.78 is 5.86. The average Bonchev–Trinajstić information content (AvgIpc) is 2.55. The summed E-state index contributed by atoms with van der Waals surface area (Å²) in [4.78, 5) is 26.2. The van der Waals surface area contributed by atoms with Crippen LogP contribution in [0.1, 0.15) is 24.2 Å². The van der Waals surface area contributed by atoms with Gasteiger partial charge in [-0.15, -0.1) is 0 Å². The molecular weight excluding hydrogens is 372 g/mol. The topological polar surface area (TPSA) is 72.6 Å². The summed E-state index contributed by atoms with van der Waals surface area (Å²) in [6, 6.07) is 14.1. The normalized spacial score (nSPS) is 10.5. The summed E-state index contributed by atoms with van der Waals surface area (Å²) in [5.41, 5.74) is 7.07. The van der Waals surface area contributed by atoms with Crippen molar-refractivity contribution in [1.29, 1.82) is 0 Å². The lowest BCUT2D eigenvalue weighted by Crippen LogP contribution is -2.39. The minimum Gasteiger partial charge on any atom is -0.452 e. The molecule has 2 aromatic carbocycles. The molecule has 2 N–H and O–H groups in total. The number of amides is 1. The maximum Gasteiger partial charge on any atom is 0.340 e. The highest BCUT2D eigenvalue weighted by molar-refractivity contribution is 9.10. The number of nitrogens with zero attached hydrogens (tertiary/aromatic N) is 1. The first-order chi connectivity index (χ1) is 11.4. The highest BCUT2D eigenvalue weighted by Gasteiger charge is 2.21. The molecule has 0 saturated heterocycles. The molecule has 126 valence electrons. The van der Waals surface area contributed by atoms with E-state index in [0.717, 1.165) is 5.69 Å². The first-order valence-electron chi connectivity index (χ1n) is 7.49. The maximum atomic E-state index is 12.5. The molecule has 0 radical (unpaired) electrons. The highest BCUT2D eigenvalue weighted by Crippen LogP contribution is 2.20. The zero-order valence-electron chi connectivity index (χ0n) is 13.5. The fraction of sp³-hybridized carbons (Fsp3) is 0.222. The van der Waals surface area contributed by atoms with Crippen LogP contribution in [0.4, 0.5) is 11.4 Å². The van der Waals surface area contributed by atoms with E-state index in [1.54, 1.807) is 23.1 Å². The Morgan fingerprint density at radius 1 is 1.17 bits per heavy atom. The van der Waals surface area contributed by atoms with Crippen molar-refractivity contribution < 1.29 is 14.3 Å². The molecule has 2 rings (SSSR count). The van der Waals surface area contributed by atoms with Crippen molar-refractivity contribution in [2.24, 2.45) is 0 Å². The molecule has 0 aromatic heterocycles. The van der Waals surface area contributed by atoms with Gasteiger partial charge in [-0.05, 0) is 44.2 Å². The average molecular weight is 391 g/mol. The molecule has 0 heterocycles. The SMILES string of the molecule is CC(C)N(C(=O)COC(=O)c1cc(Br)ccc1N)c1ccccc1. The van der Waals surface area contributed by atoms with Gasteiger partial charge >= 0.3 is 5.97 Å². The Bertz CT molecular complexity index is 732. The molecule has 0 atom stereocenters. The number of benzene rings is 2. The van der Waals surface area contributed by atoms with Crippen molar-refractivity contribution in [3.63, 3.8) is 0 Å². The van der Waals surface area contributed by atoms with Crippen LogP contribution in [0.15, 0.2) is 53.0 Å². The summed E-state index contributed by atoms with van der Waals surface area (Å²) in [7, 11) is 0. The van der Waals surface area contributed by atoms with Crippen LogP contribution in [0.3, 0.4) is 0 Å². The third-order valence-corrected chi connectivity index (χ3v) is 3.87. The van der Waals surface area contributed by atoms with E-state index in [0.29, 0.717) is 10.2 Å². The quantitative estimate of drug-likeness (QED) is 0.624. The fourth-order valence-corrected chi connectivity index (χ4v) is 2.66. The van der Waals surface area contributed by atoms with Crippen LogP contribution >= 0.6 is 15.9 Å². The Hall–Kier alpha value is -2.34. The van der Waals surface area contributed by atoms with Gasteiger partial charge in [-0.3, -0.25) is 4.79 Å². The number of ether oxygens (including phenoxy) is 1. The third-order valence-electron chi connectivity index (χ3n) is 3.38. The van der Waals surface area contributed by atoms with Gasteiger partial charge in [0.2, 0.25) is 0 Å². The van der Waals surface area contributed by atoms with Crippen molar-refractivity contribution in [3.05, 3.63) is 58.6 Å². The molecule has 0 fully saturated rings. The van der Waals surface area contributed by atoms with E-state index in [4.69, 9.17) is 10.5 Å². The Balaban J connectivity index is 2.08. The van der Waals surface area contributed by atoms with Gasteiger partial charge in [-0.2, -0.15) is 0 Å². The van der Waals surface area contributed by atoms with Gasteiger partial charge in [0.15, 0.2) is 6.61 Å². The Morgan fingerprint density at radius 2 is 1.83 bits per heavy atom. The molecule has 1 amide bonds. The minimum atomic E-state index is -0.626. The van der Waals surface area contributed by atoms with Gasteiger partial charge in [0.25, 0.3) is 5.91 Å². The number of halogens is 1. The minimum absolute atomic E-state index is 0.0606. The Morgan fingerprint density at radius 3 is 2.46 bits per heavy atom. The second kappa shape index (κ2) is 7.97. The van der Waals surface area contributed by atoms with Crippen molar-refractivity contribution in [2.75, 3.05) is 17.2 Å². The molecule has 5 nitrogen and oxygen atoms in total. The van der Waals surface area contributed by atoms with Crippen molar-refractivity contribution in [2.45, 2.75) is 19.9 Å². The first-order valence-corrected chi connectivity index (χ1v) is 8.28. The molecule has 0 unspecified atom stereocenters. The van der Waals surface area contributed by atoms with Gasteiger partial charge in [0.1, 0.15) is 0 Å². The number of anilines is 2. The molecule has 0 aliphatic rings. The molecular formula is C18H19BrN2O3.